The highest BCUT2D eigenvalue weighted by Gasteiger charge is 2.23. The molecule has 2 N–H and O–H groups in total. The average Bonchev–Trinajstić information content (AvgIpc) is 3.26. The molecule has 2 aromatic heterocycles. The maximum Gasteiger partial charge on any atom is 0.137 e. The molecule has 0 unspecified atom stereocenters. The van der Waals surface area contributed by atoms with Crippen LogP contribution in [0.15, 0.2) is 42.7 Å². The Labute approximate surface area is 142 Å². The Morgan fingerprint density at radius 3 is 2.62 bits per heavy atom. The number of H-pyrrole nitrogens is 2. The average molecular weight is 321 g/mol. The molecule has 0 spiro atoms. The third kappa shape index (κ3) is 3.12. The van der Waals surface area contributed by atoms with Crippen molar-refractivity contribution in [2.24, 2.45) is 0 Å². The van der Waals surface area contributed by atoms with Gasteiger partial charge in [0.25, 0.3) is 0 Å². The minimum atomic E-state index is 0.640. The van der Waals surface area contributed by atoms with Crippen molar-refractivity contribution >= 4 is 0 Å². The molecule has 1 aromatic carbocycles. The first-order chi connectivity index (χ1) is 11.8. The lowest BCUT2D eigenvalue weighted by Gasteiger charge is -2.31. The summed E-state index contributed by atoms with van der Waals surface area (Å²) in [5.41, 5.74) is 4.93. The quantitative estimate of drug-likeness (QED) is 0.773. The molecule has 124 valence electrons. The number of nitrogens with zero attached hydrogens (tertiary/aromatic N) is 3. The Morgan fingerprint density at radius 2 is 1.92 bits per heavy atom. The summed E-state index contributed by atoms with van der Waals surface area (Å²) in [6.45, 7) is 5.30. The standard InChI is InChI=1S/C19H23N5/c1-14-18(12-21-23-14)15-7-9-24(10-8-15)13-17-11-20-19(22-17)16-5-3-2-4-6-16/h2-6,11-12,15H,7-10,13H2,1H3,(H,20,22)(H,21,23). The topological polar surface area (TPSA) is 60.6 Å². The first-order valence-corrected chi connectivity index (χ1v) is 8.61. The van der Waals surface area contributed by atoms with Gasteiger partial charge in [-0.25, -0.2) is 4.98 Å². The van der Waals surface area contributed by atoms with Gasteiger partial charge in [0, 0.05) is 29.7 Å². The van der Waals surface area contributed by atoms with E-state index in [1.165, 1.54) is 29.8 Å². The van der Waals surface area contributed by atoms with Crippen LogP contribution in [0.25, 0.3) is 11.4 Å². The lowest BCUT2D eigenvalue weighted by molar-refractivity contribution is 0.202. The number of aromatic amines is 2. The molecule has 0 saturated carbocycles. The van der Waals surface area contributed by atoms with Crippen molar-refractivity contribution in [1.82, 2.24) is 25.1 Å². The molecule has 1 aliphatic heterocycles. The predicted molar refractivity (Wildman–Crippen MR) is 94.6 cm³/mol. The molecule has 0 radical (unpaired) electrons. The van der Waals surface area contributed by atoms with Gasteiger partial charge in [0.05, 0.1) is 6.20 Å². The van der Waals surface area contributed by atoms with Gasteiger partial charge in [-0.05, 0) is 44.3 Å². The number of hydrogen-bond donors (Lipinski definition) is 2. The first-order valence-electron chi connectivity index (χ1n) is 8.61. The van der Waals surface area contributed by atoms with Gasteiger partial charge >= 0.3 is 0 Å². The van der Waals surface area contributed by atoms with E-state index < -0.39 is 0 Å². The zero-order valence-corrected chi connectivity index (χ0v) is 14.0. The monoisotopic (exact) mass is 321 g/mol. The van der Waals surface area contributed by atoms with Gasteiger partial charge < -0.3 is 4.98 Å². The second kappa shape index (κ2) is 6.61. The molecular formula is C19H23N5. The maximum atomic E-state index is 4.52. The van der Waals surface area contributed by atoms with Gasteiger partial charge in [0.1, 0.15) is 5.82 Å². The Morgan fingerprint density at radius 1 is 1.12 bits per heavy atom. The van der Waals surface area contributed by atoms with Gasteiger partial charge in [-0.1, -0.05) is 30.3 Å². The largest absolute Gasteiger partial charge is 0.341 e. The van der Waals surface area contributed by atoms with Crippen LogP contribution in [0.5, 0.6) is 0 Å². The molecule has 5 nitrogen and oxygen atoms in total. The number of hydrogen-bond acceptors (Lipinski definition) is 3. The van der Waals surface area contributed by atoms with Crippen LogP contribution in [0, 0.1) is 6.92 Å². The minimum Gasteiger partial charge on any atom is -0.341 e. The molecule has 3 aromatic rings. The van der Waals surface area contributed by atoms with E-state index in [1.54, 1.807) is 0 Å². The molecule has 4 rings (SSSR count). The fourth-order valence-corrected chi connectivity index (χ4v) is 3.60. The number of benzene rings is 1. The lowest BCUT2D eigenvalue weighted by Crippen LogP contribution is -2.32. The van der Waals surface area contributed by atoms with Crippen molar-refractivity contribution in [3.63, 3.8) is 0 Å². The second-order valence-electron chi connectivity index (χ2n) is 6.62. The Hall–Kier alpha value is -2.40. The molecule has 0 amide bonds. The van der Waals surface area contributed by atoms with Crippen LogP contribution < -0.4 is 0 Å². The SMILES string of the molecule is Cc1[nH]ncc1C1CCN(Cc2cnc(-c3ccccc3)[nH]2)CC1. The number of likely N-dealkylation sites (tertiary alicyclic amines) is 1. The molecule has 0 aliphatic carbocycles. The Balaban J connectivity index is 1.36. The van der Waals surface area contributed by atoms with Crippen LogP contribution in [0.1, 0.15) is 35.7 Å². The van der Waals surface area contributed by atoms with Gasteiger partial charge in [-0.3, -0.25) is 10.00 Å². The number of nitrogens with one attached hydrogen (secondary N) is 2. The highest BCUT2D eigenvalue weighted by Crippen LogP contribution is 2.29. The molecule has 1 aliphatic rings. The summed E-state index contributed by atoms with van der Waals surface area (Å²) in [5, 5.41) is 7.22. The van der Waals surface area contributed by atoms with Crippen molar-refractivity contribution in [2.45, 2.75) is 32.2 Å². The Kier molecular flexibility index (Phi) is 4.17. The van der Waals surface area contributed by atoms with Gasteiger partial charge in [-0.15, -0.1) is 0 Å². The number of rotatable bonds is 4. The predicted octanol–water partition coefficient (Wildman–Crippen LogP) is 3.49. The zero-order valence-electron chi connectivity index (χ0n) is 14.0. The third-order valence-electron chi connectivity index (χ3n) is 4.97. The van der Waals surface area contributed by atoms with E-state index in [0.717, 1.165) is 31.0 Å². The molecule has 3 heterocycles. The molecule has 24 heavy (non-hydrogen) atoms. The molecule has 1 saturated heterocycles. The van der Waals surface area contributed by atoms with E-state index in [9.17, 15) is 0 Å². The fourth-order valence-electron chi connectivity index (χ4n) is 3.60. The van der Waals surface area contributed by atoms with Crippen LogP contribution in [-0.2, 0) is 6.54 Å². The number of piperidine rings is 1. The number of aromatic nitrogens is 4. The van der Waals surface area contributed by atoms with Crippen molar-refractivity contribution < 1.29 is 0 Å². The summed E-state index contributed by atoms with van der Waals surface area (Å²) in [5.74, 6) is 1.59. The van der Waals surface area contributed by atoms with Gasteiger partial charge in [0.15, 0.2) is 0 Å². The number of aryl methyl sites for hydroxylation is 1. The summed E-state index contributed by atoms with van der Waals surface area (Å²) in [6, 6.07) is 10.3. The highest BCUT2D eigenvalue weighted by atomic mass is 15.1. The van der Waals surface area contributed by atoms with E-state index in [-0.39, 0.29) is 0 Å². The van der Waals surface area contributed by atoms with Crippen molar-refractivity contribution in [2.75, 3.05) is 13.1 Å². The highest BCUT2D eigenvalue weighted by molar-refractivity contribution is 5.54. The van der Waals surface area contributed by atoms with E-state index in [1.807, 2.05) is 30.6 Å². The fraction of sp³-hybridized carbons (Fsp3) is 0.368. The van der Waals surface area contributed by atoms with Crippen molar-refractivity contribution in [3.8, 4) is 11.4 Å². The van der Waals surface area contributed by atoms with E-state index in [4.69, 9.17) is 0 Å². The van der Waals surface area contributed by atoms with Crippen LogP contribution in [0.2, 0.25) is 0 Å². The summed E-state index contributed by atoms with van der Waals surface area (Å²) >= 11 is 0. The smallest absolute Gasteiger partial charge is 0.137 e. The third-order valence-corrected chi connectivity index (χ3v) is 4.97. The summed E-state index contributed by atoms with van der Waals surface area (Å²) < 4.78 is 0. The Bertz CT molecular complexity index is 781. The number of imidazole rings is 1. The lowest BCUT2D eigenvalue weighted by atomic mass is 9.90. The van der Waals surface area contributed by atoms with E-state index in [2.05, 4.69) is 44.1 Å². The van der Waals surface area contributed by atoms with Crippen LogP contribution >= 0.6 is 0 Å². The van der Waals surface area contributed by atoms with E-state index >= 15 is 0 Å². The summed E-state index contributed by atoms with van der Waals surface area (Å²) in [4.78, 5) is 10.5. The van der Waals surface area contributed by atoms with Crippen LogP contribution in [0.4, 0.5) is 0 Å². The summed E-state index contributed by atoms with van der Waals surface area (Å²) in [6.07, 6.45) is 6.35. The molecule has 0 bridgehead atoms. The van der Waals surface area contributed by atoms with Crippen molar-refractivity contribution in [3.05, 3.63) is 59.7 Å². The van der Waals surface area contributed by atoms with Crippen molar-refractivity contribution in [1.29, 1.82) is 0 Å². The van der Waals surface area contributed by atoms with Gasteiger partial charge in [-0.2, -0.15) is 5.10 Å². The summed E-state index contributed by atoms with van der Waals surface area (Å²) in [7, 11) is 0. The molecule has 5 heteroatoms. The maximum absolute atomic E-state index is 4.52. The molecule has 0 atom stereocenters. The molecule has 1 fully saturated rings. The second-order valence-corrected chi connectivity index (χ2v) is 6.62. The van der Waals surface area contributed by atoms with E-state index in [0.29, 0.717) is 5.92 Å². The first kappa shape index (κ1) is 15.1. The normalized spacial score (nSPS) is 16.5. The van der Waals surface area contributed by atoms with Crippen LogP contribution in [-0.4, -0.2) is 38.2 Å². The van der Waals surface area contributed by atoms with Crippen LogP contribution in [0.3, 0.4) is 0 Å². The zero-order chi connectivity index (χ0) is 16.4. The minimum absolute atomic E-state index is 0.640. The molecular weight excluding hydrogens is 298 g/mol. The van der Waals surface area contributed by atoms with Gasteiger partial charge in [0.2, 0.25) is 0 Å².